The first-order valence-corrected chi connectivity index (χ1v) is 15.3. The number of nitrogens with one attached hydrogen (secondary N) is 3. The molecule has 2 aromatic heterocycles. The summed E-state index contributed by atoms with van der Waals surface area (Å²) in [4.78, 5) is 59.2. The number of carbonyl (C=O) groups is 4. The van der Waals surface area contributed by atoms with Crippen LogP contribution >= 0.6 is 0 Å². The molecule has 0 aromatic carbocycles. The van der Waals surface area contributed by atoms with Gasteiger partial charge in [-0.05, 0) is 73.4 Å². The lowest BCUT2D eigenvalue weighted by atomic mass is 9.87. The summed E-state index contributed by atoms with van der Waals surface area (Å²) >= 11 is 0. The second-order valence-corrected chi connectivity index (χ2v) is 12.1. The molecule has 2 unspecified atom stereocenters. The van der Waals surface area contributed by atoms with Crippen molar-refractivity contribution in [2.75, 3.05) is 0 Å². The number of aliphatic imine (C=N–C) groups is 1. The molecule has 2 aliphatic heterocycles. The number of aromatic amines is 2. The van der Waals surface area contributed by atoms with E-state index in [9.17, 15) is 29.4 Å². The van der Waals surface area contributed by atoms with Gasteiger partial charge in [0.1, 0.15) is 0 Å². The molecule has 232 valence electrons. The molecule has 10 nitrogen and oxygen atoms in total. The molecule has 0 saturated carbocycles. The summed E-state index contributed by atoms with van der Waals surface area (Å²) in [6, 6.07) is -0.0195. The van der Waals surface area contributed by atoms with Crippen LogP contribution in [0.5, 0.6) is 0 Å². The van der Waals surface area contributed by atoms with Crippen molar-refractivity contribution in [3.8, 4) is 0 Å². The summed E-state index contributed by atoms with van der Waals surface area (Å²) in [6.45, 7) is 11.9. The highest BCUT2D eigenvalue weighted by Gasteiger charge is 2.38. The number of H-pyrrole nitrogens is 2. The number of hydrogen-bond acceptors (Lipinski definition) is 4. The van der Waals surface area contributed by atoms with Gasteiger partial charge in [0.15, 0.2) is 0 Å². The lowest BCUT2D eigenvalue weighted by Crippen LogP contribution is -2.31. The van der Waals surface area contributed by atoms with Crippen LogP contribution in [-0.2, 0) is 38.4 Å². The van der Waals surface area contributed by atoms with Crippen molar-refractivity contribution < 1.29 is 29.4 Å². The largest absolute Gasteiger partial charge is 0.481 e. The van der Waals surface area contributed by atoms with Crippen LogP contribution in [0.3, 0.4) is 0 Å². The van der Waals surface area contributed by atoms with E-state index in [-0.39, 0.29) is 54.4 Å². The Kier molecular flexibility index (Phi) is 9.77. The van der Waals surface area contributed by atoms with E-state index in [1.165, 1.54) is 0 Å². The number of rotatable bonds is 12. The Morgan fingerprint density at radius 1 is 0.860 bits per heavy atom. The van der Waals surface area contributed by atoms with Crippen molar-refractivity contribution in [1.82, 2.24) is 15.3 Å². The molecule has 5 atom stereocenters. The molecule has 2 aliphatic rings. The SMILES string of the molecule is CC[C@H]1C(Cc2[nH]c(/C=c3\[nH]/c(=C\C4=NC(=O)[C@H](CC)[C@H]4C)c(C)c3CCC(=O)O)c(CCC(=O)O)c2C)NC(=O)C1C. The van der Waals surface area contributed by atoms with Crippen LogP contribution in [-0.4, -0.2) is 55.7 Å². The fourth-order valence-electron chi connectivity index (χ4n) is 6.84. The first kappa shape index (κ1) is 32.0. The zero-order valence-electron chi connectivity index (χ0n) is 26.0. The molecule has 0 spiro atoms. The molecule has 10 heteroatoms. The van der Waals surface area contributed by atoms with Crippen molar-refractivity contribution >= 4 is 41.6 Å². The third-order valence-electron chi connectivity index (χ3n) is 9.59. The van der Waals surface area contributed by atoms with Gasteiger partial charge in [0.2, 0.25) is 11.8 Å². The molecule has 1 fully saturated rings. The van der Waals surface area contributed by atoms with E-state index < -0.39 is 11.9 Å². The average Bonchev–Trinajstić information content (AvgIpc) is 3.59. The molecule has 2 aromatic rings. The van der Waals surface area contributed by atoms with E-state index in [2.05, 4.69) is 27.2 Å². The fourth-order valence-corrected chi connectivity index (χ4v) is 6.84. The molecule has 4 heterocycles. The summed E-state index contributed by atoms with van der Waals surface area (Å²) in [6.07, 6.45) is 6.55. The molecule has 0 radical (unpaired) electrons. The number of aliphatic carboxylic acids is 2. The van der Waals surface area contributed by atoms with Crippen molar-refractivity contribution in [1.29, 1.82) is 0 Å². The van der Waals surface area contributed by atoms with Gasteiger partial charge in [-0.2, -0.15) is 0 Å². The maximum Gasteiger partial charge on any atom is 0.303 e. The van der Waals surface area contributed by atoms with Gasteiger partial charge < -0.3 is 25.5 Å². The number of carboxylic acid groups (broad SMARTS) is 2. The number of carbonyl (C=O) groups excluding carboxylic acids is 2. The minimum Gasteiger partial charge on any atom is -0.481 e. The molecule has 5 N–H and O–H groups in total. The van der Waals surface area contributed by atoms with Gasteiger partial charge in [-0.1, -0.05) is 34.1 Å². The first-order valence-electron chi connectivity index (χ1n) is 15.3. The van der Waals surface area contributed by atoms with Crippen molar-refractivity contribution in [3.63, 3.8) is 0 Å². The van der Waals surface area contributed by atoms with Crippen molar-refractivity contribution in [3.05, 3.63) is 44.3 Å². The third-order valence-corrected chi connectivity index (χ3v) is 9.59. The number of hydrogen-bond donors (Lipinski definition) is 5. The van der Waals surface area contributed by atoms with E-state index in [4.69, 9.17) is 0 Å². The van der Waals surface area contributed by atoms with Gasteiger partial charge in [0.25, 0.3) is 0 Å². The van der Waals surface area contributed by atoms with E-state index in [1.54, 1.807) is 0 Å². The molecule has 0 bridgehead atoms. The Morgan fingerprint density at radius 2 is 1.51 bits per heavy atom. The van der Waals surface area contributed by atoms with Crippen molar-refractivity contribution in [2.45, 2.75) is 92.5 Å². The fraction of sp³-hybridized carbons (Fsp3) is 0.545. The molecule has 4 rings (SSSR count). The van der Waals surface area contributed by atoms with E-state index in [0.717, 1.165) is 50.8 Å². The number of amides is 2. The minimum atomic E-state index is -0.902. The first-order chi connectivity index (χ1) is 20.4. The van der Waals surface area contributed by atoms with Gasteiger partial charge in [0, 0.05) is 70.9 Å². The van der Waals surface area contributed by atoms with Gasteiger partial charge >= 0.3 is 11.9 Å². The molecule has 2 amide bonds. The van der Waals surface area contributed by atoms with Crippen LogP contribution in [0.15, 0.2) is 4.99 Å². The van der Waals surface area contributed by atoms with Crippen LogP contribution in [0.4, 0.5) is 0 Å². The van der Waals surface area contributed by atoms with Crippen LogP contribution in [0.25, 0.3) is 12.2 Å². The van der Waals surface area contributed by atoms with E-state index in [1.807, 2.05) is 46.8 Å². The van der Waals surface area contributed by atoms with Crippen LogP contribution in [0.2, 0.25) is 0 Å². The Bertz CT molecular complexity index is 1580. The topological polar surface area (TPSA) is 165 Å². The summed E-state index contributed by atoms with van der Waals surface area (Å²) in [5.74, 6) is -1.87. The Labute approximate surface area is 251 Å². The maximum absolute atomic E-state index is 12.4. The molecule has 0 aliphatic carbocycles. The summed E-state index contributed by atoms with van der Waals surface area (Å²) in [5.41, 5.74) is 6.00. The number of carboxylic acids is 2. The second kappa shape index (κ2) is 13.1. The highest BCUT2D eigenvalue weighted by atomic mass is 16.4. The summed E-state index contributed by atoms with van der Waals surface area (Å²) in [7, 11) is 0. The zero-order chi connectivity index (χ0) is 31.6. The lowest BCUT2D eigenvalue weighted by molar-refractivity contribution is -0.138. The van der Waals surface area contributed by atoms with Crippen LogP contribution < -0.4 is 16.0 Å². The quantitative estimate of drug-likeness (QED) is 0.254. The number of nitrogens with zero attached hydrogens (tertiary/aromatic N) is 1. The predicted octanol–water partition coefficient (Wildman–Crippen LogP) is 2.95. The number of aromatic nitrogens is 2. The standard InChI is InChI=1S/C33H44N4O6/c1-7-20-19(6)32(42)37-27(20)14-25-18(5)23(10-12-31(40)41)29(35-25)15-28-22(9-11-30(38)39)17(4)24(34-28)13-26-16(3)21(8-2)33(43)36-26/h13,15-16,19-21,27,34-35H,7-12,14H2,1-6H3,(H,37,42)(H,38,39)(H,40,41)/b24-13-,28-15-/t16-,19?,20-,21-,27?/m1/s1. The summed E-state index contributed by atoms with van der Waals surface area (Å²) in [5, 5.41) is 23.5. The molecular formula is C33H44N4O6. The third kappa shape index (κ3) is 6.68. The van der Waals surface area contributed by atoms with E-state index >= 15 is 0 Å². The predicted molar refractivity (Wildman–Crippen MR) is 164 cm³/mol. The van der Waals surface area contributed by atoms with Gasteiger partial charge in [-0.3, -0.25) is 19.2 Å². The summed E-state index contributed by atoms with van der Waals surface area (Å²) < 4.78 is 0. The lowest BCUT2D eigenvalue weighted by Gasteiger charge is -2.19. The van der Waals surface area contributed by atoms with Crippen LogP contribution in [0, 0.1) is 37.5 Å². The Hall–Kier alpha value is -3.95. The van der Waals surface area contributed by atoms with E-state index in [0.29, 0.717) is 31.4 Å². The van der Waals surface area contributed by atoms with Crippen LogP contribution in [0.1, 0.15) is 87.0 Å². The Morgan fingerprint density at radius 3 is 2.09 bits per heavy atom. The molecule has 43 heavy (non-hydrogen) atoms. The Balaban J connectivity index is 1.82. The zero-order valence-corrected chi connectivity index (χ0v) is 26.0. The average molecular weight is 593 g/mol. The maximum atomic E-state index is 12.4. The molecule has 1 saturated heterocycles. The highest BCUT2D eigenvalue weighted by molar-refractivity contribution is 6.20. The smallest absolute Gasteiger partial charge is 0.303 e. The van der Waals surface area contributed by atoms with Gasteiger partial charge in [-0.25, -0.2) is 4.99 Å². The highest BCUT2D eigenvalue weighted by Crippen LogP contribution is 2.31. The van der Waals surface area contributed by atoms with Gasteiger partial charge in [0.05, 0.1) is 0 Å². The monoisotopic (exact) mass is 592 g/mol. The molecular weight excluding hydrogens is 548 g/mol. The van der Waals surface area contributed by atoms with Crippen molar-refractivity contribution in [2.24, 2.45) is 28.7 Å². The normalized spacial score (nSPS) is 24.6. The minimum absolute atomic E-state index is 0.0166. The second-order valence-electron chi connectivity index (χ2n) is 12.1. The van der Waals surface area contributed by atoms with Gasteiger partial charge in [-0.15, -0.1) is 0 Å².